The Kier molecular flexibility index (Phi) is 8.29. The van der Waals surface area contributed by atoms with Gasteiger partial charge in [-0.15, -0.1) is 34.5 Å². The van der Waals surface area contributed by atoms with Crippen molar-refractivity contribution < 1.29 is 5.11 Å². The summed E-state index contributed by atoms with van der Waals surface area (Å²) in [6.07, 6.45) is 9.29. The van der Waals surface area contributed by atoms with Crippen LogP contribution < -0.4 is 0 Å². The van der Waals surface area contributed by atoms with Crippen molar-refractivity contribution in [1.29, 1.82) is 0 Å². The van der Waals surface area contributed by atoms with Gasteiger partial charge < -0.3 is 5.11 Å². The van der Waals surface area contributed by atoms with Gasteiger partial charge in [0.1, 0.15) is 4.33 Å². The third kappa shape index (κ3) is 5.75. The third-order valence-corrected chi connectivity index (χ3v) is 7.90. The first-order chi connectivity index (χ1) is 13.5. The molecule has 0 spiro atoms. The summed E-state index contributed by atoms with van der Waals surface area (Å²) in [5, 5.41) is 12.6. The SMILES string of the molecule is CCCCCC(O)c1ccc([C@@H]2[C@@H](CCCc3cccs3)CCC2(Cl)Cl)cc1. The quantitative estimate of drug-likeness (QED) is 0.293. The normalized spacial score (nSPS) is 22.4. The number of halogens is 2. The van der Waals surface area contributed by atoms with E-state index in [2.05, 4.69) is 48.7 Å². The molecule has 1 aromatic carbocycles. The lowest BCUT2D eigenvalue weighted by Gasteiger charge is -2.28. The second-order valence-corrected chi connectivity index (χ2v) is 10.8. The van der Waals surface area contributed by atoms with Crippen LogP contribution in [0.25, 0.3) is 0 Å². The van der Waals surface area contributed by atoms with Crippen LogP contribution in [0.5, 0.6) is 0 Å². The van der Waals surface area contributed by atoms with E-state index in [1.54, 1.807) is 0 Å². The summed E-state index contributed by atoms with van der Waals surface area (Å²) in [7, 11) is 0. The molecular weight excluding hydrogens is 407 g/mol. The van der Waals surface area contributed by atoms with Gasteiger partial charge in [0, 0.05) is 10.8 Å². The number of hydrogen-bond acceptors (Lipinski definition) is 2. The van der Waals surface area contributed by atoms with Gasteiger partial charge in [0.15, 0.2) is 0 Å². The van der Waals surface area contributed by atoms with Crippen molar-refractivity contribution in [3.63, 3.8) is 0 Å². The van der Waals surface area contributed by atoms with E-state index in [1.165, 1.54) is 29.7 Å². The maximum atomic E-state index is 10.4. The van der Waals surface area contributed by atoms with Crippen molar-refractivity contribution in [2.24, 2.45) is 5.92 Å². The Morgan fingerprint density at radius 1 is 1.14 bits per heavy atom. The van der Waals surface area contributed by atoms with E-state index in [0.717, 1.165) is 44.1 Å². The van der Waals surface area contributed by atoms with E-state index in [4.69, 9.17) is 23.2 Å². The number of unbranched alkanes of at least 4 members (excludes halogenated alkanes) is 2. The molecule has 0 amide bonds. The van der Waals surface area contributed by atoms with Gasteiger partial charge >= 0.3 is 0 Å². The van der Waals surface area contributed by atoms with Gasteiger partial charge in [0.25, 0.3) is 0 Å². The molecule has 1 aromatic heterocycles. The number of aliphatic hydroxyl groups is 1. The zero-order chi connectivity index (χ0) is 20.0. The Bertz CT molecular complexity index is 696. The Morgan fingerprint density at radius 3 is 2.61 bits per heavy atom. The molecule has 2 aromatic rings. The second kappa shape index (κ2) is 10.5. The molecule has 0 aliphatic heterocycles. The molecule has 154 valence electrons. The largest absolute Gasteiger partial charge is 0.388 e. The number of alkyl halides is 2. The average molecular weight is 439 g/mol. The lowest BCUT2D eigenvalue weighted by Crippen LogP contribution is -2.21. The highest BCUT2D eigenvalue weighted by molar-refractivity contribution is 7.09. The number of rotatable bonds is 10. The molecule has 1 saturated carbocycles. The van der Waals surface area contributed by atoms with Crippen molar-refractivity contribution in [3.05, 3.63) is 57.8 Å². The molecule has 1 heterocycles. The highest BCUT2D eigenvalue weighted by atomic mass is 35.5. The van der Waals surface area contributed by atoms with Crippen molar-refractivity contribution in [2.45, 2.75) is 81.1 Å². The maximum Gasteiger partial charge on any atom is 0.125 e. The van der Waals surface area contributed by atoms with Crippen molar-refractivity contribution in [3.8, 4) is 0 Å². The minimum absolute atomic E-state index is 0.172. The molecule has 0 bridgehead atoms. The average Bonchev–Trinajstić information content (AvgIpc) is 3.30. The predicted molar refractivity (Wildman–Crippen MR) is 123 cm³/mol. The molecule has 1 unspecified atom stereocenters. The standard InChI is InChI=1S/C24H32Cl2OS/c1-2-3-4-10-22(27)18-11-13-20(14-12-18)23-19(15-16-24(23,25)26)7-5-8-21-9-6-17-28-21/h6,9,11-14,17,19,22-23,27H,2-5,7-8,10,15-16H2,1H3/t19-,22?,23-/m0/s1. The summed E-state index contributed by atoms with van der Waals surface area (Å²) in [4.78, 5) is 1.46. The van der Waals surface area contributed by atoms with Gasteiger partial charge in [0.05, 0.1) is 6.10 Å². The van der Waals surface area contributed by atoms with Gasteiger partial charge in [-0.05, 0) is 67.0 Å². The van der Waals surface area contributed by atoms with Crippen molar-refractivity contribution >= 4 is 34.5 Å². The van der Waals surface area contributed by atoms with Crippen LogP contribution in [0.1, 0.15) is 86.3 Å². The molecule has 1 aliphatic carbocycles. The molecule has 3 atom stereocenters. The molecule has 1 aliphatic rings. The van der Waals surface area contributed by atoms with Crippen LogP contribution in [-0.4, -0.2) is 9.44 Å². The molecule has 0 saturated heterocycles. The number of hydrogen-bond donors (Lipinski definition) is 1. The number of aliphatic hydroxyl groups excluding tert-OH is 1. The predicted octanol–water partition coefficient (Wildman–Crippen LogP) is 8.05. The summed E-state index contributed by atoms with van der Waals surface area (Å²) < 4.78 is -0.686. The van der Waals surface area contributed by atoms with Crippen molar-refractivity contribution in [1.82, 2.24) is 0 Å². The Labute approximate surface area is 184 Å². The number of benzene rings is 1. The van der Waals surface area contributed by atoms with Crippen LogP contribution in [0.4, 0.5) is 0 Å². The smallest absolute Gasteiger partial charge is 0.125 e. The first-order valence-corrected chi connectivity index (χ1v) is 12.3. The molecule has 1 nitrogen and oxygen atoms in total. The van der Waals surface area contributed by atoms with E-state index >= 15 is 0 Å². The molecule has 1 fully saturated rings. The topological polar surface area (TPSA) is 20.2 Å². The van der Waals surface area contributed by atoms with Crippen LogP contribution in [0.2, 0.25) is 0 Å². The zero-order valence-corrected chi connectivity index (χ0v) is 19.1. The van der Waals surface area contributed by atoms with Gasteiger partial charge in [-0.25, -0.2) is 0 Å². The first-order valence-electron chi connectivity index (χ1n) is 10.7. The maximum absolute atomic E-state index is 10.4. The van der Waals surface area contributed by atoms with E-state index < -0.39 is 4.33 Å². The summed E-state index contributed by atoms with van der Waals surface area (Å²) in [6.45, 7) is 2.18. The highest BCUT2D eigenvalue weighted by Crippen LogP contribution is 2.54. The number of aryl methyl sites for hydroxylation is 1. The lowest BCUT2D eigenvalue weighted by molar-refractivity contribution is 0.163. The Balaban J connectivity index is 1.62. The Hall–Kier alpha value is -0.540. The van der Waals surface area contributed by atoms with Gasteiger partial charge in [-0.2, -0.15) is 0 Å². The number of thiophene rings is 1. The molecule has 28 heavy (non-hydrogen) atoms. The van der Waals surface area contributed by atoms with Gasteiger partial charge in [-0.3, -0.25) is 0 Å². The van der Waals surface area contributed by atoms with E-state index in [1.807, 2.05) is 11.3 Å². The lowest BCUT2D eigenvalue weighted by atomic mass is 9.84. The minimum Gasteiger partial charge on any atom is -0.388 e. The van der Waals surface area contributed by atoms with E-state index in [-0.39, 0.29) is 12.0 Å². The van der Waals surface area contributed by atoms with Gasteiger partial charge in [0.2, 0.25) is 0 Å². The fraction of sp³-hybridized carbons (Fsp3) is 0.583. The van der Waals surface area contributed by atoms with Gasteiger partial charge in [-0.1, -0.05) is 56.5 Å². The summed E-state index contributed by atoms with van der Waals surface area (Å²) in [6, 6.07) is 12.8. The van der Waals surface area contributed by atoms with Crippen molar-refractivity contribution in [2.75, 3.05) is 0 Å². The second-order valence-electron chi connectivity index (χ2n) is 8.19. The van der Waals surface area contributed by atoms with E-state index in [0.29, 0.717) is 5.92 Å². The van der Waals surface area contributed by atoms with E-state index in [9.17, 15) is 5.11 Å². The molecule has 1 N–H and O–H groups in total. The van der Waals surface area contributed by atoms with Crippen LogP contribution in [0.3, 0.4) is 0 Å². The molecule has 4 heteroatoms. The summed E-state index contributed by atoms with van der Waals surface area (Å²) >= 11 is 15.3. The minimum atomic E-state index is -0.686. The summed E-state index contributed by atoms with van der Waals surface area (Å²) in [5.41, 5.74) is 2.22. The molecular formula is C24H32Cl2OS. The fourth-order valence-corrected chi connectivity index (χ4v) is 6.12. The first kappa shape index (κ1) is 22.2. The van der Waals surface area contributed by atoms with Crippen LogP contribution in [-0.2, 0) is 6.42 Å². The molecule has 0 radical (unpaired) electrons. The molecule has 3 rings (SSSR count). The zero-order valence-electron chi connectivity index (χ0n) is 16.7. The third-order valence-electron chi connectivity index (χ3n) is 6.11. The monoisotopic (exact) mass is 438 g/mol. The summed E-state index contributed by atoms with van der Waals surface area (Å²) in [5.74, 6) is 0.695. The van der Waals surface area contributed by atoms with Crippen LogP contribution in [0, 0.1) is 5.92 Å². The fourth-order valence-electron chi connectivity index (χ4n) is 4.55. The highest BCUT2D eigenvalue weighted by Gasteiger charge is 2.46. The van der Waals surface area contributed by atoms with Crippen LogP contribution in [0.15, 0.2) is 41.8 Å². The van der Waals surface area contributed by atoms with Crippen LogP contribution >= 0.6 is 34.5 Å². The Morgan fingerprint density at radius 2 is 1.93 bits per heavy atom.